The largest absolute Gasteiger partial charge is 0.472 e. The molecule has 0 aromatic carbocycles. The van der Waals surface area contributed by atoms with Crippen molar-refractivity contribution in [1.29, 1.82) is 0 Å². The molecule has 3 saturated heterocycles. The van der Waals surface area contributed by atoms with E-state index >= 15 is 0 Å². The molecule has 0 saturated carbocycles. The number of phosphoric acid groups is 1. The lowest BCUT2D eigenvalue weighted by molar-refractivity contribution is -0.0665. The Morgan fingerprint density at radius 3 is 2.24 bits per heavy atom. The second kappa shape index (κ2) is 11.4. The number of rotatable bonds is 2. The van der Waals surface area contributed by atoms with Crippen molar-refractivity contribution in [3.63, 3.8) is 0 Å². The molecule has 0 amide bonds. The van der Waals surface area contributed by atoms with Crippen LogP contribution in [0.1, 0.15) is 12.5 Å². The number of aromatic nitrogens is 8. The Balaban J connectivity index is 1.21. The molecular weight excluding hydrogens is 662 g/mol. The normalized spacial score (nSPS) is 37.4. The van der Waals surface area contributed by atoms with Gasteiger partial charge in [0, 0.05) is 0 Å². The van der Waals surface area contributed by atoms with Crippen LogP contribution in [0.25, 0.3) is 22.3 Å². The van der Waals surface area contributed by atoms with Crippen molar-refractivity contribution in [1.82, 2.24) is 39.0 Å². The van der Waals surface area contributed by atoms with Gasteiger partial charge in [-0.1, -0.05) is 0 Å². The number of nitrogen functional groups attached to an aromatic ring is 2. The van der Waals surface area contributed by atoms with Crippen LogP contribution in [0.5, 0.6) is 0 Å². The zero-order valence-electron chi connectivity index (χ0n) is 23.1. The van der Waals surface area contributed by atoms with Gasteiger partial charge in [0.2, 0.25) is 5.95 Å². The topological polar surface area (TPSA) is 330 Å². The van der Waals surface area contributed by atoms with Crippen LogP contribution < -0.4 is 17.0 Å². The van der Waals surface area contributed by atoms with Crippen LogP contribution in [0.3, 0.4) is 0 Å². The number of aromatic amines is 1. The highest BCUT2D eigenvalue weighted by atomic mass is 31.2. The fraction of sp³-hybridized carbons (Fsp3) is 0.524. The Bertz CT molecular complexity index is 1950. The van der Waals surface area contributed by atoms with Crippen molar-refractivity contribution >= 4 is 49.5 Å². The Morgan fingerprint density at radius 2 is 1.50 bits per heavy atom. The van der Waals surface area contributed by atoms with Gasteiger partial charge in [-0.3, -0.25) is 32.5 Å². The van der Waals surface area contributed by atoms with Crippen molar-refractivity contribution in [2.45, 2.75) is 49.1 Å². The van der Waals surface area contributed by atoms with Gasteiger partial charge in [-0.15, -0.1) is 0 Å². The molecule has 7 heterocycles. The molecule has 4 bridgehead atoms. The van der Waals surface area contributed by atoms with Gasteiger partial charge in [0.1, 0.15) is 54.8 Å². The summed E-state index contributed by atoms with van der Waals surface area (Å²) < 4.78 is 61.8. The quantitative estimate of drug-likeness (QED) is 0.109. The fourth-order valence-corrected chi connectivity index (χ4v) is 7.15. The van der Waals surface area contributed by atoms with Crippen molar-refractivity contribution in [2.75, 3.05) is 31.0 Å². The Morgan fingerprint density at radius 1 is 0.870 bits per heavy atom. The first-order chi connectivity index (χ1) is 21.8. The molecule has 23 nitrogen and oxygen atoms in total. The summed E-state index contributed by atoms with van der Waals surface area (Å²) in [4.78, 5) is 56.0. The van der Waals surface area contributed by atoms with Crippen LogP contribution in [-0.2, 0) is 36.9 Å². The number of aliphatic hydroxyl groups excluding tert-OH is 2. The Hall–Kier alpha value is -3.44. The maximum atomic E-state index is 13.2. The highest BCUT2D eigenvalue weighted by Crippen LogP contribution is 2.52. The molecule has 7 rings (SSSR count). The maximum Gasteiger partial charge on any atom is 0.472 e. The van der Waals surface area contributed by atoms with Gasteiger partial charge >= 0.3 is 15.4 Å². The summed E-state index contributed by atoms with van der Waals surface area (Å²) in [7, 11) is -9.72. The fourth-order valence-electron chi connectivity index (χ4n) is 5.40. The number of anilines is 2. The maximum absolute atomic E-state index is 13.2. The first kappa shape index (κ1) is 31.2. The lowest BCUT2D eigenvalue weighted by Crippen LogP contribution is -2.36. The molecule has 4 aromatic rings. The van der Waals surface area contributed by atoms with Gasteiger partial charge in [-0.25, -0.2) is 24.5 Å². The Kier molecular flexibility index (Phi) is 7.70. The summed E-state index contributed by atoms with van der Waals surface area (Å²) >= 11 is 0. The summed E-state index contributed by atoms with van der Waals surface area (Å²) in [5.74, 6) is -0.235. The lowest BCUT2D eigenvalue weighted by atomic mass is 10.1. The highest BCUT2D eigenvalue weighted by Gasteiger charge is 2.52. The second-order valence-electron chi connectivity index (χ2n) is 10.5. The van der Waals surface area contributed by atoms with Crippen molar-refractivity contribution < 1.29 is 56.9 Å². The number of aliphatic hydroxyl groups is 2. The number of phosphoric ester groups is 1. The van der Waals surface area contributed by atoms with E-state index < -0.39 is 89.6 Å². The molecule has 3 aliphatic rings. The van der Waals surface area contributed by atoms with E-state index in [0.717, 1.165) is 12.7 Å². The lowest BCUT2D eigenvalue weighted by Gasteiger charge is -2.25. The predicted octanol–water partition coefficient (Wildman–Crippen LogP) is -2.30. The number of hydrogen-bond acceptors (Lipinski definition) is 18. The Labute approximate surface area is 255 Å². The van der Waals surface area contributed by atoms with Crippen LogP contribution in [0.15, 0.2) is 23.8 Å². The van der Waals surface area contributed by atoms with Crippen LogP contribution >= 0.6 is 15.4 Å². The van der Waals surface area contributed by atoms with E-state index in [0.29, 0.717) is 0 Å². The number of H-pyrrole nitrogens is 1. The average Bonchev–Trinajstić information content (AvgIpc) is 3.75. The minimum absolute atomic E-state index is 0.0213. The van der Waals surface area contributed by atoms with Crippen LogP contribution in [0.2, 0.25) is 0 Å². The standard InChI is InChI=1S/C21H26N10O13P2/c22-15-9-16(25-3-24-15)30(4-26-9)20-14-12(33)7(43-20)1-40-45(35,36)6-39-13-11(32)8(2-41-46(37,38)44-14)42-19(13)31-5-27-10-17(31)28-21(23)29-18(10)34/h3-5,7-8,11-14,19-20,32-33H,1-2,6H2,(H,35,36)(H,37,38)(H2,22,24,25)(H3,23,28,29,34)/t7-,8-,11+,12+,13?,14?,19-,20-/m1/s1. The second-order valence-corrected chi connectivity index (χ2v) is 13.7. The SMILES string of the molecule is Nc1nc2c(ncn2[C@@H]2O[C@@H]3COP(=O)(O)OC4[C@@H](O)[C@@H](COP(=O)(O)COC2[C@H]3O)O[C@H]4n2cnc3c(N)ncnc32)c(=O)[nH]1. The molecule has 4 unspecified atom stereocenters. The van der Waals surface area contributed by atoms with E-state index in [-0.39, 0.29) is 34.1 Å². The van der Waals surface area contributed by atoms with Crippen molar-refractivity contribution in [2.24, 2.45) is 0 Å². The first-order valence-corrected chi connectivity index (χ1v) is 16.6. The molecule has 10 atom stereocenters. The van der Waals surface area contributed by atoms with Gasteiger partial charge in [0.25, 0.3) is 5.56 Å². The minimum atomic E-state index is -5.08. The third-order valence-corrected chi connectivity index (χ3v) is 9.55. The van der Waals surface area contributed by atoms with Crippen LogP contribution in [-0.4, -0.2) is 115 Å². The van der Waals surface area contributed by atoms with Gasteiger partial charge in [0.05, 0.1) is 25.9 Å². The molecule has 248 valence electrons. The monoisotopic (exact) mass is 688 g/mol. The molecule has 0 aliphatic carbocycles. The molecule has 4 aromatic heterocycles. The molecule has 9 N–H and O–H groups in total. The number of imidazole rings is 2. The smallest absolute Gasteiger partial charge is 0.387 e. The van der Waals surface area contributed by atoms with Crippen LogP contribution in [0, 0.1) is 0 Å². The number of nitrogens with one attached hydrogen (secondary N) is 1. The van der Waals surface area contributed by atoms with Crippen LogP contribution in [0.4, 0.5) is 11.8 Å². The molecule has 3 aliphatic heterocycles. The summed E-state index contributed by atoms with van der Waals surface area (Å²) in [6.07, 6.45) is -9.49. The van der Waals surface area contributed by atoms with E-state index in [1.807, 2.05) is 0 Å². The van der Waals surface area contributed by atoms with E-state index in [4.69, 9.17) is 39.2 Å². The summed E-state index contributed by atoms with van der Waals surface area (Å²) in [6, 6.07) is 0. The zero-order chi connectivity index (χ0) is 32.5. The summed E-state index contributed by atoms with van der Waals surface area (Å²) in [5, 5.41) is 22.2. The molecule has 3 fully saturated rings. The number of ether oxygens (including phenoxy) is 3. The number of nitrogens with zero attached hydrogens (tertiary/aromatic N) is 7. The summed E-state index contributed by atoms with van der Waals surface area (Å²) in [6.45, 7) is -1.50. The van der Waals surface area contributed by atoms with E-state index in [1.54, 1.807) is 0 Å². The number of hydrogen-bond donors (Lipinski definition) is 7. The molecule has 46 heavy (non-hydrogen) atoms. The van der Waals surface area contributed by atoms with E-state index in [2.05, 4.69) is 29.9 Å². The van der Waals surface area contributed by atoms with Gasteiger partial charge in [0.15, 0.2) is 35.1 Å². The zero-order valence-corrected chi connectivity index (χ0v) is 24.9. The van der Waals surface area contributed by atoms with Crippen molar-refractivity contribution in [3.05, 3.63) is 29.3 Å². The predicted molar refractivity (Wildman–Crippen MR) is 148 cm³/mol. The highest BCUT2D eigenvalue weighted by molar-refractivity contribution is 7.52. The third-order valence-electron chi connectivity index (χ3n) is 7.54. The van der Waals surface area contributed by atoms with Gasteiger partial charge < -0.3 is 50.2 Å². The molecule has 0 radical (unpaired) electrons. The average molecular weight is 688 g/mol. The first-order valence-electron chi connectivity index (χ1n) is 13.4. The molecular formula is C21H26N10O13P2. The molecule has 25 heteroatoms. The summed E-state index contributed by atoms with van der Waals surface area (Å²) in [5.41, 5.74) is 10.9. The third kappa shape index (κ3) is 5.49. The minimum Gasteiger partial charge on any atom is -0.387 e. The van der Waals surface area contributed by atoms with Gasteiger partial charge in [-0.2, -0.15) is 4.98 Å². The van der Waals surface area contributed by atoms with E-state index in [1.165, 1.54) is 15.5 Å². The van der Waals surface area contributed by atoms with Crippen molar-refractivity contribution in [3.8, 4) is 0 Å². The number of nitrogens with two attached hydrogens (primary N) is 2. The van der Waals surface area contributed by atoms with Gasteiger partial charge in [-0.05, 0) is 0 Å². The van der Waals surface area contributed by atoms with E-state index in [9.17, 15) is 33.9 Å². The molecule has 0 spiro atoms. The number of fused-ring (bicyclic) bond motifs is 6.